The number of hydrogen-bond acceptors (Lipinski definition) is 2. The van der Waals surface area contributed by atoms with Crippen molar-refractivity contribution < 1.29 is 9.13 Å². The molecule has 2 nitrogen and oxygen atoms in total. The zero-order chi connectivity index (χ0) is 10.7. The Morgan fingerprint density at radius 3 is 2.73 bits per heavy atom. The lowest BCUT2D eigenvalue weighted by molar-refractivity contribution is 0.398. The average molecular weight is 203 g/mol. The van der Waals surface area contributed by atoms with Gasteiger partial charge >= 0.3 is 0 Å². The van der Waals surface area contributed by atoms with Crippen LogP contribution in [0.1, 0.15) is 0 Å². The second kappa shape index (κ2) is 4.09. The van der Waals surface area contributed by atoms with Gasteiger partial charge in [0, 0.05) is 17.8 Å². The quantitative estimate of drug-likeness (QED) is 0.748. The molecule has 0 radical (unpaired) electrons. The Morgan fingerprint density at radius 2 is 2.00 bits per heavy atom. The average Bonchev–Trinajstić information content (AvgIpc) is 2.30. The van der Waals surface area contributed by atoms with Crippen molar-refractivity contribution in [3.05, 3.63) is 48.4 Å². The van der Waals surface area contributed by atoms with Gasteiger partial charge in [0.15, 0.2) is 0 Å². The summed E-state index contributed by atoms with van der Waals surface area (Å²) in [5.74, 6) is 0.238. The van der Waals surface area contributed by atoms with Gasteiger partial charge in [-0.3, -0.25) is 0 Å². The van der Waals surface area contributed by atoms with Gasteiger partial charge in [-0.15, -0.1) is 0 Å². The number of ether oxygens (including phenoxy) is 1. The lowest BCUT2D eigenvalue weighted by atomic mass is 10.1. The largest absolute Gasteiger partial charge is 0.481 e. The van der Waals surface area contributed by atoms with E-state index in [2.05, 4.69) is 4.98 Å². The SMILES string of the molecule is COc1cc(-c2ccccc2F)ccn1. The Morgan fingerprint density at radius 1 is 1.20 bits per heavy atom. The van der Waals surface area contributed by atoms with Crippen LogP contribution in [0.5, 0.6) is 5.88 Å². The molecule has 0 saturated heterocycles. The van der Waals surface area contributed by atoms with Crippen LogP contribution < -0.4 is 4.74 Å². The summed E-state index contributed by atoms with van der Waals surface area (Å²) in [6, 6.07) is 10.1. The molecule has 0 aliphatic carbocycles. The van der Waals surface area contributed by atoms with E-state index in [9.17, 15) is 4.39 Å². The van der Waals surface area contributed by atoms with Gasteiger partial charge in [0.05, 0.1) is 7.11 Å². The molecule has 0 aliphatic heterocycles. The summed E-state index contributed by atoms with van der Waals surface area (Å²) in [4.78, 5) is 3.97. The third-order valence-electron chi connectivity index (χ3n) is 2.13. The number of rotatable bonds is 2. The number of hydrogen-bond donors (Lipinski definition) is 0. The van der Waals surface area contributed by atoms with Crippen LogP contribution in [-0.4, -0.2) is 12.1 Å². The van der Waals surface area contributed by atoms with Crippen LogP contribution in [0.4, 0.5) is 4.39 Å². The van der Waals surface area contributed by atoms with Crippen LogP contribution in [0, 0.1) is 5.82 Å². The number of aromatic nitrogens is 1. The topological polar surface area (TPSA) is 22.1 Å². The first-order valence-corrected chi connectivity index (χ1v) is 4.56. The van der Waals surface area contributed by atoms with Gasteiger partial charge in [0.25, 0.3) is 0 Å². The number of halogens is 1. The molecule has 0 spiro atoms. The molecule has 1 heterocycles. The highest BCUT2D eigenvalue weighted by atomic mass is 19.1. The predicted octanol–water partition coefficient (Wildman–Crippen LogP) is 2.90. The van der Waals surface area contributed by atoms with Crippen LogP contribution in [0.3, 0.4) is 0 Å². The minimum Gasteiger partial charge on any atom is -0.481 e. The van der Waals surface area contributed by atoms with Crippen molar-refractivity contribution in [1.29, 1.82) is 0 Å². The molecule has 0 bridgehead atoms. The Hall–Kier alpha value is -1.90. The molecule has 0 atom stereocenters. The van der Waals surface area contributed by atoms with E-state index >= 15 is 0 Å². The summed E-state index contributed by atoms with van der Waals surface area (Å²) in [5, 5.41) is 0. The van der Waals surface area contributed by atoms with E-state index < -0.39 is 0 Å². The highest BCUT2D eigenvalue weighted by molar-refractivity contribution is 5.64. The predicted molar refractivity (Wildman–Crippen MR) is 56.2 cm³/mol. The van der Waals surface area contributed by atoms with E-state index in [1.807, 2.05) is 0 Å². The molecule has 0 unspecified atom stereocenters. The summed E-state index contributed by atoms with van der Waals surface area (Å²) in [5.41, 5.74) is 1.32. The van der Waals surface area contributed by atoms with Crippen molar-refractivity contribution in [3.8, 4) is 17.0 Å². The van der Waals surface area contributed by atoms with Crippen molar-refractivity contribution in [1.82, 2.24) is 4.98 Å². The van der Waals surface area contributed by atoms with Gasteiger partial charge in [-0.2, -0.15) is 0 Å². The normalized spacial score (nSPS) is 10.0. The van der Waals surface area contributed by atoms with Crippen LogP contribution in [-0.2, 0) is 0 Å². The molecule has 1 aromatic heterocycles. The molecule has 0 aliphatic rings. The molecule has 0 N–H and O–H groups in total. The molecule has 2 aromatic rings. The van der Waals surface area contributed by atoms with Crippen molar-refractivity contribution >= 4 is 0 Å². The van der Waals surface area contributed by atoms with Gasteiger partial charge in [-0.1, -0.05) is 18.2 Å². The van der Waals surface area contributed by atoms with Crippen molar-refractivity contribution in [2.75, 3.05) is 7.11 Å². The maximum atomic E-state index is 13.4. The molecule has 0 fully saturated rings. The smallest absolute Gasteiger partial charge is 0.213 e. The van der Waals surface area contributed by atoms with Crippen molar-refractivity contribution in [3.63, 3.8) is 0 Å². The fraction of sp³-hybridized carbons (Fsp3) is 0.0833. The number of nitrogens with zero attached hydrogens (tertiary/aromatic N) is 1. The van der Waals surface area contributed by atoms with Crippen LogP contribution in [0.2, 0.25) is 0 Å². The van der Waals surface area contributed by atoms with Gasteiger partial charge in [0.1, 0.15) is 5.82 Å². The van der Waals surface area contributed by atoms with Gasteiger partial charge in [-0.25, -0.2) is 9.37 Å². The summed E-state index contributed by atoms with van der Waals surface area (Å²) < 4.78 is 18.4. The van der Waals surface area contributed by atoms with E-state index in [1.54, 1.807) is 36.5 Å². The van der Waals surface area contributed by atoms with Crippen molar-refractivity contribution in [2.24, 2.45) is 0 Å². The Kier molecular flexibility index (Phi) is 2.63. The second-order valence-corrected chi connectivity index (χ2v) is 3.07. The van der Waals surface area contributed by atoms with E-state index in [0.29, 0.717) is 11.4 Å². The Balaban J connectivity index is 2.49. The first-order valence-electron chi connectivity index (χ1n) is 4.56. The Labute approximate surface area is 87.4 Å². The van der Waals surface area contributed by atoms with E-state index in [1.165, 1.54) is 13.2 Å². The van der Waals surface area contributed by atoms with E-state index in [0.717, 1.165) is 5.56 Å². The molecule has 3 heteroatoms. The maximum Gasteiger partial charge on any atom is 0.213 e. The number of methoxy groups -OCH3 is 1. The number of benzene rings is 1. The Bertz CT molecular complexity index is 471. The minimum absolute atomic E-state index is 0.245. The molecule has 76 valence electrons. The lowest BCUT2D eigenvalue weighted by Crippen LogP contribution is -1.89. The maximum absolute atomic E-state index is 13.4. The summed E-state index contributed by atoms with van der Waals surface area (Å²) in [7, 11) is 1.54. The van der Waals surface area contributed by atoms with Crippen LogP contribution in [0.15, 0.2) is 42.6 Å². The molecule has 15 heavy (non-hydrogen) atoms. The van der Waals surface area contributed by atoms with Gasteiger partial charge < -0.3 is 4.74 Å². The molecular weight excluding hydrogens is 193 g/mol. The first kappa shape index (κ1) is 9.65. The minimum atomic E-state index is -0.245. The fourth-order valence-corrected chi connectivity index (χ4v) is 1.38. The molecule has 0 amide bonds. The first-order chi connectivity index (χ1) is 7.31. The van der Waals surface area contributed by atoms with Gasteiger partial charge in [-0.05, 0) is 17.7 Å². The standard InChI is InChI=1S/C12H10FNO/c1-15-12-8-9(6-7-14-12)10-4-2-3-5-11(10)13/h2-8H,1H3. The monoisotopic (exact) mass is 203 g/mol. The fourth-order valence-electron chi connectivity index (χ4n) is 1.38. The van der Waals surface area contributed by atoms with E-state index in [4.69, 9.17) is 4.74 Å². The molecule has 0 saturated carbocycles. The third kappa shape index (κ3) is 1.96. The zero-order valence-corrected chi connectivity index (χ0v) is 8.27. The zero-order valence-electron chi connectivity index (χ0n) is 8.27. The van der Waals surface area contributed by atoms with E-state index in [-0.39, 0.29) is 5.82 Å². The highest BCUT2D eigenvalue weighted by Gasteiger charge is 2.04. The molecular formula is C12H10FNO. The summed E-state index contributed by atoms with van der Waals surface area (Å²) >= 11 is 0. The summed E-state index contributed by atoms with van der Waals surface area (Å²) in [6.45, 7) is 0. The van der Waals surface area contributed by atoms with Crippen LogP contribution in [0.25, 0.3) is 11.1 Å². The lowest BCUT2D eigenvalue weighted by Gasteiger charge is -2.04. The summed E-state index contributed by atoms with van der Waals surface area (Å²) in [6.07, 6.45) is 1.60. The van der Waals surface area contributed by atoms with Crippen molar-refractivity contribution in [2.45, 2.75) is 0 Å². The number of pyridine rings is 1. The third-order valence-corrected chi connectivity index (χ3v) is 2.13. The molecule has 2 rings (SSSR count). The highest BCUT2D eigenvalue weighted by Crippen LogP contribution is 2.24. The second-order valence-electron chi connectivity index (χ2n) is 3.07. The van der Waals surface area contributed by atoms with Gasteiger partial charge in [0.2, 0.25) is 5.88 Å². The molecule has 1 aromatic carbocycles. The van der Waals surface area contributed by atoms with Crippen LogP contribution >= 0.6 is 0 Å².